The Kier molecular flexibility index (Phi) is 3.36. The third-order valence-electron chi connectivity index (χ3n) is 4.14. The van der Waals surface area contributed by atoms with Crippen molar-refractivity contribution in [3.8, 4) is 0 Å². The Morgan fingerprint density at radius 2 is 1.53 bits per heavy atom. The molecule has 0 atom stereocenters. The third-order valence-corrected chi connectivity index (χ3v) is 4.14. The van der Waals surface area contributed by atoms with Crippen LogP contribution in [-0.2, 0) is 0 Å². The van der Waals surface area contributed by atoms with Crippen molar-refractivity contribution in [1.29, 1.82) is 0 Å². The van der Waals surface area contributed by atoms with Gasteiger partial charge in [-0.25, -0.2) is 0 Å². The first-order chi connectivity index (χ1) is 7.84. The van der Waals surface area contributed by atoms with Crippen LogP contribution in [0.25, 0.3) is 0 Å². The van der Waals surface area contributed by atoms with Gasteiger partial charge < -0.3 is 0 Å². The number of benzene rings is 1. The molecule has 17 heavy (non-hydrogen) atoms. The van der Waals surface area contributed by atoms with Crippen LogP contribution in [0.2, 0.25) is 0 Å². The van der Waals surface area contributed by atoms with E-state index in [-0.39, 0.29) is 11.1 Å². The maximum absolute atomic E-state index is 2.64. The maximum atomic E-state index is 2.64. The zero-order valence-electron chi connectivity index (χ0n) is 11.9. The van der Waals surface area contributed by atoms with E-state index in [4.69, 9.17) is 0 Å². The summed E-state index contributed by atoms with van der Waals surface area (Å²) < 4.78 is 1.38. The Balaban J connectivity index is 2.49. The van der Waals surface area contributed by atoms with Gasteiger partial charge in [-0.05, 0) is 0 Å². The van der Waals surface area contributed by atoms with Crippen LogP contribution in [0, 0.1) is 0 Å². The second-order valence-corrected chi connectivity index (χ2v) is 6.60. The van der Waals surface area contributed by atoms with Gasteiger partial charge >= 0.3 is 115 Å². The molecule has 88 valence electrons. The minimum atomic E-state index is 0.258. The molecule has 1 nitrogen and oxygen atoms in total. The van der Waals surface area contributed by atoms with Crippen LogP contribution in [0.3, 0.4) is 0 Å². The van der Waals surface area contributed by atoms with Gasteiger partial charge in [0.15, 0.2) is 0 Å². The first-order valence-corrected chi connectivity index (χ1v) is 6.71. The molecule has 2 rings (SSSR count). The molecule has 1 aromatic rings. The molecule has 1 fully saturated rings. The summed E-state index contributed by atoms with van der Waals surface area (Å²) in [6.07, 6.45) is 3.90. The summed E-state index contributed by atoms with van der Waals surface area (Å²) >= 11 is 2.22. The fraction of sp³-hybridized carbons (Fsp3) is 0.600. The van der Waals surface area contributed by atoms with Crippen molar-refractivity contribution in [1.82, 2.24) is 0 Å². The number of hydrogen-bond donors (Lipinski definition) is 0. The summed E-state index contributed by atoms with van der Waals surface area (Å²) in [6, 6.07) is 8.77. The molecular formula is C15H22LiN. The summed E-state index contributed by atoms with van der Waals surface area (Å²) in [5.74, 6) is 0. The van der Waals surface area contributed by atoms with E-state index in [0.29, 0.717) is 0 Å². The van der Waals surface area contributed by atoms with E-state index in [0.717, 1.165) is 0 Å². The molecule has 0 aliphatic carbocycles. The average molecular weight is 223 g/mol. The van der Waals surface area contributed by atoms with Crippen LogP contribution in [-0.4, -0.2) is 28.8 Å². The number of para-hydroxylation sites is 1. The molecule has 0 aromatic heterocycles. The van der Waals surface area contributed by atoms with Crippen LogP contribution in [0.5, 0.6) is 0 Å². The summed E-state index contributed by atoms with van der Waals surface area (Å²) in [6.45, 7) is 9.50. The van der Waals surface area contributed by atoms with Gasteiger partial charge in [-0.3, -0.25) is 0 Å². The molecule has 0 bridgehead atoms. The fourth-order valence-corrected chi connectivity index (χ4v) is 3.46. The van der Waals surface area contributed by atoms with Gasteiger partial charge in [0.25, 0.3) is 0 Å². The van der Waals surface area contributed by atoms with E-state index >= 15 is 0 Å². The van der Waals surface area contributed by atoms with Gasteiger partial charge in [-0.2, -0.15) is 0 Å². The van der Waals surface area contributed by atoms with Gasteiger partial charge in [0.2, 0.25) is 0 Å². The van der Waals surface area contributed by atoms with Gasteiger partial charge in [-0.15, -0.1) is 0 Å². The van der Waals surface area contributed by atoms with Crippen molar-refractivity contribution >= 4 is 27.6 Å². The van der Waals surface area contributed by atoms with Crippen LogP contribution >= 0.6 is 0 Å². The molecular weight excluding hydrogens is 201 g/mol. The van der Waals surface area contributed by atoms with E-state index in [2.05, 4.69) is 74.6 Å². The zero-order chi connectivity index (χ0) is 12.7. The molecule has 1 aromatic carbocycles. The van der Waals surface area contributed by atoms with E-state index in [1.54, 1.807) is 0 Å². The molecule has 0 spiro atoms. The Morgan fingerprint density at radius 1 is 1.00 bits per heavy atom. The predicted molar refractivity (Wildman–Crippen MR) is 76.3 cm³/mol. The van der Waals surface area contributed by atoms with Crippen molar-refractivity contribution in [2.24, 2.45) is 0 Å². The fourth-order valence-electron chi connectivity index (χ4n) is 3.46. The Morgan fingerprint density at radius 3 is 2.06 bits per heavy atom. The summed E-state index contributed by atoms with van der Waals surface area (Å²) in [5.41, 5.74) is 1.92. The summed E-state index contributed by atoms with van der Waals surface area (Å²) in [7, 11) is 0. The topological polar surface area (TPSA) is 3.24 Å². The van der Waals surface area contributed by atoms with Gasteiger partial charge in [-0.1, -0.05) is 0 Å². The van der Waals surface area contributed by atoms with E-state index in [1.807, 2.05) is 0 Å². The molecule has 1 aliphatic rings. The quantitative estimate of drug-likeness (QED) is 0.661. The van der Waals surface area contributed by atoms with Crippen molar-refractivity contribution in [2.75, 3.05) is 4.90 Å². The molecule has 1 heterocycles. The van der Waals surface area contributed by atoms with Crippen molar-refractivity contribution in [2.45, 2.75) is 58.0 Å². The molecule has 0 amide bonds. The first kappa shape index (κ1) is 13.1. The molecule has 0 radical (unpaired) electrons. The number of anilines is 1. The predicted octanol–water partition coefficient (Wildman–Crippen LogP) is 3.03. The van der Waals surface area contributed by atoms with Crippen LogP contribution in [0.1, 0.15) is 47.0 Å². The van der Waals surface area contributed by atoms with Crippen molar-refractivity contribution in [3.63, 3.8) is 0 Å². The number of rotatable bonds is 1. The van der Waals surface area contributed by atoms with Crippen LogP contribution in [0.15, 0.2) is 24.3 Å². The zero-order valence-corrected chi connectivity index (χ0v) is 11.9. The number of piperidine rings is 1. The number of hydrogen-bond acceptors (Lipinski definition) is 1. The van der Waals surface area contributed by atoms with E-state index in [9.17, 15) is 0 Å². The standard InChI is InChI=1S/C15H22N.Li/c1-14(2)11-8-12-15(3,4)16(14)13-9-6-5-7-10-13;/h5-7,9H,8,11-12H2,1-4H3;. The molecule has 0 unspecified atom stereocenters. The summed E-state index contributed by atoms with van der Waals surface area (Å²) in [4.78, 5) is 2.64. The van der Waals surface area contributed by atoms with E-state index in [1.165, 1.54) is 29.2 Å². The molecule has 0 N–H and O–H groups in total. The third kappa shape index (κ3) is 2.42. The van der Waals surface area contributed by atoms with Crippen LogP contribution in [0.4, 0.5) is 5.69 Å². The van der Waals surface area contributed by atoms with Crippen molar-refractivity contribution in [3.05, 3.63) is 24.3 Å². The Bertz CT molecular complexity index is 393. The Hall–Kier alpha value is -0.383. The van der Waals surface area contributed by atoms with Crippen LogP contribution < -0.4 is 9.14 Å². The van der Waals surface area contributed by atoms with E-state index < -0.39 is 0 Å². The second-order valence-electron chi connectivity index (χ2n) is 6.60. The molecule has 1 saturated heterocycles. The average Bonchev–Trinajstić information content (AvgIpc) is 2.18. The second kappa shape index (κ2) is 4.38. The van der Waals surface area contributed by atoms with Gasteiger partial charge in [0.1, 0.15) is 0 Å². The first-order valence-electron chi connectivity index (χ1n) is 6.71. The normalized spacial score (nSPS) is 22.6. The van der Waals surface area contributed by atoms with Crippen molar-refractivity contribution < 1.29 is 0 Å². The molecule has 0 saturated carbocycles. The summed E-state index contributed by atoms with van der Waals surface area (Å²) in [5, 5.41) is 0. The minimum absolute atomic E-state index is 0.258. The Labute approximate surface area is 115 Å². The SMILES string of the molecule is [Li][c]1ccccc1N1C(C)(C)CCCC1(C)C. The van der Waals surface area contributed by atoms with Gasteiger partial charge in [0.05, 0.1) is 0 Å². The van der Waals surface area contributed by atoms with Gasteiger partial charge in [0, 0.05) is 0 Å². The molecule has 2 heteroatoms. The number of nitrogens with zero attached hydrogens (tertiary/aromatic N) is 1. The monoisotopic (exact) mass is 223 g/mol. The molecule has 1 aliphatic heterocycles.